The van der Waals surface area contributed by atoms with Crippen molar-refractivity contribution in [1.82, 2.24) is 5.43 Å². The summed E-state index contributed by atoms with van der Waals surface area (Å²) in [5.41, 5.74) is 5.63. The van der Waals surface area contributed by atoms with Gasteiger partial charge in [-0.3, -0.25) is 9.59 Å². The second kappa shape index (κ2) is 6.44. The van der Waals surface area contributed by atoms with E-state index in [0.29, 0.717) is 12.0 Å². The number of nitrogens with one attached hydrogen (secondary N) is 2. The molecule has 116 valence electrons. The summed E-state index contributed by atoms with van der Waals surface area (Å²) >= 11 is 0. The first kappa shape index (κ1) is 15.0. The van der Waals surface area contributed by atoms with E-state index in [4.69, 9.17) is 0 Å². The van der Waals surface area contributed by atoms with Crippen LogP contribution in [0.1, 0.15) is 29.3 Å². The second-order valence-electron chi connectivity index (χ2n) is 5.53. The van der Waals surface area contributed by atoms with Crippen LogP contribution in [0.4, 0.5) is 5.69 Å². The van der Waals surface area contributed by atoms with Gasteiger partial charge in [0.05, 0.1) is 5.71 Å². The number of carbonyl (C=O) groups is 2. The SMILES string of the molecule is C[C@H]1CC(=O)NN=C1c1ccc(NC(=O)c2ccccc2)cc1. The Kier molecular flexibility index (Phi) is 4.19. The zero-order valence-electron chi connectivity index (χ0n) is 12.7. The molecule has 2 aromatic carbocycles. The third-order valence-electron chi connectivity index (χ3n) is 3.73. The lowest BCUT2D eigenvalue weighted by Crippen LogP contribution is -2.31. The Morgan fingerprint density at radius 3 is 2.48 bits per heavy atom. The van der Waals surface area contributed by atoms with E-state index in [0.717, 1.165) is 17.0 Å². The van der Waals surface area contributed by atoms with Crippen LogP contribution >= 0.6 is 0 Å². The summed E-state index contributed by atoms with van der Waals surface area (Å²) in [4.78, 5) is 23.4. The lowest BCUT2D eigenvalue weighted by Gasteiger charge is -2.19. The Balaban J connectivity index is 1.73. The molecular formula is C18H17N3O2. The van der Waals surface area contributed by atoms with E-state index < -0.39 is 0 Å². The summed E-state index contributed by atoms with van der Waals surface area (Å²) in [5, 5.41) is 6.99. The molecule has 1 aliphatic rings. The molecular weight excluding hydrogens is 290 g/mol. The van der Waals surface area contributed by atoms with Crippen molar-refractivity contribution >= 4 is 23.2 Å². The first-order valence-corrected chi connectivity index (χ1v) is 7.47. The number of anilines is 1. The molecule has 2 amide bonds. The van der Waals surface area contributed by atoms with Gasteiger partial charge in [0, 0.05) is 23.6 Å². The van der Waals surface area contributed by atoms with E-state index in [1.165, 1.54) is 0 Å². The van der Waals surface area contributed by atoms with Crippen molar-refractivity contribution in [3.8, 4) is 0 Å². The van der Waals surface area contributed by atoms with Crippen LogP contribution in [0.5, 0.6) is 0 Å². The molecule has 3 rings (SSSR count). The number of nitrogens with zero attached hydrogens (tertiary/aromatic N) is 1. The monoisotopic (exact) mass is 307 g/mol. The number of rotatable bonds is 3. The van der Waals surface area contributed by atoms with Crippen LogP contribution in [0.25, 0.3) is 0 Å². The molecule has 0 unspecified atom stereocenters. The van der Waals surface area contributed by atoms with Gasteiger partial charge in [-0.25, -0.2) is 5.43 Å². The van der Waals surface area contributed by atoms with Crippen LogP contribution in [-0.2, 0) is 4.79 Å². The van der Waals surface area contributed by atoms with Crippen LogP contribution < -0.4 is 10.7 Å². The van der Waals surface area contributed by atoms with E-state index in [1.54, 1.807) is 12.1 Å². The minimum atomic E-state index is -0.144. The Morgan fingerprint density at radius 2 is 1.83 bits per heavy atom. The number of hydrogen-bond donors (Lipinski definition) is 2. The molecule has 0 aromatic heterocycles. The van der Waals surface area contributed by atoms with Crippen LogP contribution in [0.3, 0.4) is 0 Å². The molecule has 0 spiro atoms. The maximum absolute atomic E-state index is 12.1. The molecule has 2 N–H and O–H groups in total. The molecule has 0 saturated carbocycles. The molecule has 1 atom stereocenters. The van der Waals surface area contributed by atoms with Gasteiger partial charge in [0.25, 0.3) is 5.91 Å². The average molecular weight is 307 g/mol. The molecule has 23 heavy (non-hydrogen) atoms. The molecule has 5 heteroatoms. The van der Waals surface area contributed by atoms with Crippen LogP contribution in [0.2, 0.25) is 0 Å². The summed E-state index contributed by atoms with van der Waals surface area (Å²) in [5.74, 6) is -0.129. The van der Waals surface area contributed by atoms with Crippen molar-refractivity contribution in [3.63, 3.8) is 0 Å². The standard InChI is InChI=1S/C18H17N3O2/c1-12-11-16(22)20-21-17(12)13-7-9-15(10-8-13)19-18(23)14-5-3-2-4-6-14/h2-10,12H,11H2,1H3,(H,19,23)(H,20,22)/t12-/m0/s1. The van der Waals surface area contributed by atoms with Gasteiger partial charge >= 0.3 is 0 Å². The van der Waals surface area contributed by atoms with E-state index in [2.05, 4.69) is 15.8 Å². The van der Waals surface area contributed by atoms with Gasteiger partial charge in [-0.15, -0.1) is 0 Å². The van der Waals surface area contributed by atoms with Crippen molar-refractivity contribution in [2.24, 2.45) is 11.0 Å². The van der Waals surface area contributed by atoms with Gasteiger partial charge in [-0.1, -0.05) is 37.3 Å². The zero-order chi connectivity index (χ0) is 16.2. The fourth-order valence-corrected chi connectivity index (χ4v) is 2.52. The highest BCUT2D eigenvalue weighted by atomic mass is 16.2. The third-order valence-corrected chi connectivity index (χ3v) is 3.73. The highest BCUT2D eigenvalue weighted by Gasteiger charge is 2.21. The number of carbonyl (C=O) groups excluding carboxylic acids is 2. The van der Waals surface area contributed by atoms with Gasteiger partial charge in [0.2, 0.25) is 5.91 Å². The summed E-state index contributed by atoms with van der Waals surface area (Å²) < 4.78 is 0. The topological polar surface area (TPSA) is 70.6 Å². The number of amides is 2. The predicted octanol–water partition coefficient (Wildman–Crippen LogP) is 2.80. The zero-order valence-corrected chi connectivity index (χ0v) is 12.7. The molecule has 1 heterocycles. The summed E-state index contributed by atoms with van der Waals surface area (Å²) in [6.45, 7) is 1.97. The quantitative estimate of drug-likeness (QED) is 0.915. The van der Waals surface area contributed by atoms with Crippen LogP contribution in [0, 0.1) is 5.92 Å². The predicted molar refractivity (Wildman–Crippen MR) is 89.3 cm³/mol. The molecule has 0 aliphatic carbocycles. The van der Waals surface area contributed by atoms with Gasteiger partial charge in [0.1, 0.15) is 0 Å². The minimum absolute atomic E-state index is 0.0620. The van der Waals surface area contributed by atoms with E-state index in [9.17, 15) is 9.59 Å². The van der Waals surface area contributed by atoms with Crippen molar-refractivity contribution in [2.75, 3.05) is 5.32 Å². The molecule has 1 aliphatic heterocycles. The molecule has 0 fully saturated rings. The maximum atomic E-state index is 12.1. The van der Waals surface area contributed by atoms with Gasteiger partial charge in [-0.2, -0.15) is 5.10 Å². The second-order valence-corrected chi connectivity index (χ2v) is 5.53. The minimum Gasteiger partial charge on any atom is -0.322 e. The highest BCUT2D eigenvalue weighted by molar-refractivity contribution is 6.07. The number of hydrazone groups is 1. The molecule has 5 nitrogen and oxygen atoms in total. The van der Waals surface area contributed by atoms with Gasteiger partial charge < -0.3 is 5.32 Å². The maximum Gasteiger partial charge on any atom is 0.255 e. The van der Waals surface area contributed by atoms with Crippen molar-refractivity contribution in [2.45, 2.75) is 13.3 Å². The normalized spacial score (nSPS) is 17.2. The average Bonchev–Trinajstić information content (AvgIpc) is 2.57. The molecule has 0 saturated heterocycles. The van der Waals surface area contributed by atoms with Crippen molar-refractivity contribution in [1.29, 1.82) is 0 Å². The largest absolute Gasteiger partial charge is 0.322 e. The fourth-order valence-electron chi connectivity index (χ4n) is 2.52. The number of benzene rings is 2. The van der Waals surface area contributed by atoms with E-state index in [-0.39, 0.29) is 17.7 Å². The smallest absolute Gasteiger partial charge is 0.255 e. The highest BCUT2D eigenvalue weighted by Crippen LogP contribution is 2.18. The Hall–Kier alpha value is -2.95. The molecule has 2 aromatic rings. The first-order valence-electron chi connectivity index (χ1n) is 7.47. The van der Waals surface area contributed by atoms with Crippen molar-refractivity contribution in [3.05, 3.63) is 65.7 Å². The van der Waals surface area contributed by atoms with Gasteiger partial charge in [0.15, 0.2) is 0 Å². The lowest BCUT2D eigenvalue weighted by molar-refractivity contribution is -0.121. The summed E-state index contributed by atoms with van der Waals surface area (Å²) in [6, 6.07) is 16.5. The van der Waals surface area contributed by atoms with Crippen LogP contribution in [0.15, 0.2) is 59.7 Å². The Labute approximate surface area is 134 Å². The third kappa shape index (κ3) is 3.45. The Morgan fingerprint density at radius 1 is 1.13 bits per heavy atom. The van der Waals surface area contributed by atoms with Crippen LogP contribution in [-0.4, -0.2) is 17.5 Å². The molecule has 0 bridgehead atoms. The Bertz CT molecular complexity index is 752. The van der Waals surface area contributed by atoms with E-state index in [1.807, 2.05) is 49.4 Å². The molecule has 0 radical (unpaired) electrons. The van der Waals surface area contributed by atoms with E-state index >= 15 is 0 Å². The summed E-state index contributed by atoms with van der Waals surface area (Å²) in [6.07, 6.45) is 0.436. The fraction of sp³-hybridized carbons (Fsp3) is 0.167. The number of hydrogen-bond acceptors (Lipinski definition) is 3. The van der Waals surface area contributed by atoms with Gasteiger partial charge in [-0.05, 0) is 29.8 Å². The van der Waals surface area contributed by atoms with Crippen molar-refractivity contribution < 1.29 is 9.59 Å². The lowest BCUT2D eigenvalue weighted by atomic mass is 9.94. The summed E-state index contributed by atoms with van der Waals surface area (Å²) in [7, 11) is 0. The first-order chi connectivity index (χ1) is 11.1.